The molecule has 0 aliphatic rings. The Hall–Kier alpha value is -4.38. The van der Waals surface area contributed by atoms with Crippen molar-refractivity contribution >= 4 is 34.0 Å². The predicted octanol–water partition coefficient (Wildman–Crippen LogP) is 4.59. The van der Waals surface area contributed by atoms with Crippen LogP contribution in [-0.4, -0.2) is 58.6 Å². The Kier molecular flexibility index (Phi) is 8.39. The number of nitrogens with one attached hydrogen (secondary N) is 2. The maximum Gasteiger partial charge on any atom is 0.296 e. The molecule has 4 rings (SSSR count). The molecule has 1 amide bonds. The summed E-state index contributed by atoms with van der Waals surface area (Å²) < 4.78 is 28.7. The first-order chi connectivity index (χ1) is 19.3. The quantitative estimate of drug-likeness (QED) is 0.272. The predicted molar refractivity (Wildman–Crippen MR) is 156 cm³/mol. The standard InChI is InChI=1S/C30H34F2N6O3/c1-17-23(8-7-9-25(17)30(31,32)16-39)18(2)34-28-24-14-21(10-11-26(24)35-19(3)36-28)38(6)22-12-20(29(41)33-15-22)13-27(40)37(4)5/h7-12,14-15,18,39H,13,16H2,1-6H3,(H,33,41)(H,34,35,36)/t18-/m1/s1. The second-order valence-electron chi connectivity index (χ2n) is 10.3. The number of carbonyl (C=O) groups is 1. The van der Waals surface area contributed by atoms with Gasteiger partial charge in [-0.05, 0) is 56.2 Å². The molecular formula is C30H34F2N6O3. The molecule has 0 bridgehead atoms. The van der Waals surface area contributed by atoms with Gasteiger partial charge in [-0.2, -0.15) is 8.78 Å². The number of hydrogen-bond donors (Lipinski definition) is 3. The van der Waals surface area contributed by atoms with Gasteiger partial charge in [0, 0.05) is 49.5 Å². The highest BCUT2D eigenvalue weighted by atomic mass is 19.3. The zero-order valence-electron chi connectivity index (χ0n) is 23.9. The number of aliphatic hydroxyl groups excluding tert-OH is 1. The second kappa shape index (κ2) is 11.6. The Morgan fingerprint density at radius 2 is 1.83 bits per heavy atom. The number of rotatable bonds is 9. The van der Waals surface area contributed by atoms with Crippen LogP contribution < -0.4 is 15.8 Å². The molecule has 41 heavy (non-hydrogen) atoms. The van der Waals surface area contributed by atoms with E-state index < -0.39 is 12.5 Å². The summed E-state index contributed by atoms with van der Waals surface area (Å²) >= 11 is 0. The average Bonchev–Trinajstić information content (AvgIpc) is 2.93. The molecule has 2 aromatic carbocycles. The van der Waals surface area contributed by atoms with Gasteiger partial charge in [0.05, 0.1) is 23.7 Å². The number of hydrogen-bond acceptors (Lipinski definition) is 7. The van der Waals surface area contributed by atoms with Crippen molar-refractivity contribution in [3.05, 3.63) is 87.1 Å². The number of aromatic amines is 1. The van der Waals surface area contributed by atoms with Crippen molar-refractivity contribution in [2.75, 3.05) is 38.0 Å². The number of nitrogens with zero attached hydrogens (tertiary/aromatic N) is 4. The summed E-state index contributed by atoms with van der Waals surface area (Å²) in [5.41, 5.74) is 3.01. The highest BCUT2D eigenvalue weighted by molar-refractivity contribution is 5.92. The number of H-pyrrole nitrogens is 1. The summed E-state index contributed by atoms with van der Waals surface area (Å²) in [6.45, 7) is 3.99. The third kappa shape index (κ3) is 6.19. The van der Waals surface area contributed by atoms with Crippen molar-refractivity contribution in [1.82, 2.24) is 19.9 Å². The van der Waals surface area contributed by atoms with Gasteiger partial charge in [-0.1, -0.05) is 18.2 Å². The number of benzene rings is 2. The molecule has 2 heterocycles. The van der Waals surface area contributed by atoms with Gasteiger partial charge in [-0.3, -0.25) is 9.59 Å². The van der Waals surface area contributed by atoms with Crippen molar-refractivity contribution < 1.29 is 18.7 Å². The van der Waals surface area contributed by atoms with Crippen molar-refractivity contribution in [2.45, 2.75) is 39.2 Å². The van der Waals surface area contributed by atoms with Crippen LogP contribution in [0.1, 0.15) is 41.0 Å². The molecule has 0 spiro atoms. The minimum absolute atomic E-state index is 0.0222. The van der Waals surface area contributed by atoms with Crippen molar-refractivity contribution in [3.63, 3.8) is 0 Å². The number of aliphatic hydroxyl groups is 1. The summed E-state index contributed by atoms with van der Waals surface area (Å²) in [4.78, 5) is 39.8. The Morgan fingerprint density at radius 1 is 1.10 bits per heavy atom. The minimum atomic E-state index is -3.35. The monoisotopic (exact) mass is 564 g/mol. The fourth-order valence-electron chi connectivity index (χ4n) is 4.75. The molecule has 11 heteroatoms. The molecule has 2 aromatic heterocycles. The molecule has 216 valence electrons. The fraction of sp³-hybridized carbons (Fsp3) is 0.333. The SMILES string of the molecule is Cc1nc(N[C@H](C)c2cccc(C(F)(F)CO)c2C)c2cc(N(C)c3c[nH]c(=O)c(CC(=O)N(C)C)c3)ccc2n1. The molecule has 0 unspecified atom stereocenters. The molecule has 0 saturated heterocycles. The zero-order chi connectivity index (χ0) is 30.1. The van der Waals surface area contributed by atoms with Gasteiger partial charge in [0.25, 0.3) is 11.5 Å². The van der Waals surface area contributed by atoms with E-state index >= 15 is 0 Å². The van der Waals surface area contributed by atoms with Crippen LogP contribution in [0.3, 0.4) is 0 Å². The van der Waals surface area contributed by atoms with Gasteiger partial charge < -0.3 is 25.2 Å². The number of aromatic nitrogens is 3. The van der Waals surface area contributed by atoms with Crippen LogP contribution in [0.2, 0.25) is 0 Å². The minimum Gasteiger partial charge on any atom is -0.390 e. The van der Waals surface area contributed by atoms with Crippen LogP contribution in [0.25, 0.3) is 10.9 Å². The highest BCUT2D eigenvalue weighted by Gasteiger charge is 2.33. The molecular weight excluding hydrogens is 530 g/mol. The number of fused-ring (bicyclic) bond motifs is 1. The van der Waals surface area contributed by atoms with E-state index in [9.17, 15) is 23.5 Å². The lowest BCUT2D eigenvalue weighted by Crippen LogP contribution is -2.27. The smallest absolute Gasteiger partial charge is 0.296 e. The number of carbonyl (C=O) groups excluding carboxylic acids is 1. The molecule has 0 saturated carbocycles. The van der Waals surface area contributed by atoms with Gasteiger partial charge in [-0.25, -0.2) is 9.97 Å². The van der Waals surface area contributed by atoms with Crippen LogP contribution in [-0.2, 0) is 17.1 Å². The van der Waals surface area contributed by atoms with E-state index in [2.05, 4.69) is 20.3 Å². The number of aryl methyl sites for hydroxylation is 1. The molecule has 3 N–H and O–H groups in total. The van der Waals surface area contributed by atoms with E-state index in [1.54, 1.807) is 52.3 Å². The van der Waals surface area contributed by atoms with Crippen molar-refractivity contribution in [3.8, 4) is 0 Å². The Labute approximate surface area is 236 Å². The van der Waals surface area contributed by atoms with Crippen molar-refractivity contribution in [1.29, 1.82) is 0 Å². The molecule has 1 atom stereocenters. The molecule has 9 nitrogen and oxygen atoms in total. The van der Waals surface area contributed by atoms with E-state index in [0.717, 1.165) is 5.69 Å². The topological polar surface area (TPSA) is 114 Å². The largest absolute Gasteiger partial charge is 0.390 e. The summed E-state index contributed by atoms with van der Waals surface area (Å²) in [5, 5.41) is 13.3. The van der Waals surface area contributed by atoms with E-state index in [0.29, 0.717) is 44.9 Å². The first-order valence-electron chi connectivity index (χ1n) is 13.1. The van der Waals surface area contributed by atoms with Crippen LogP contribution in [0, 0.1) is 13.8 Å². The molecule has 0 aliphatic heterocycles. The lowest BCUT2D eigenvalue weighted by Gasteiger charge is -2.24. The van der Waals surface area contributed by atoms with Crippen molar-refractivity contribution in [2.24, 2.45) is 0 Å². The maximum atomic E-state index is 14.3. The summed E-state index contributed by atoms with van der Waals surface area (Å²) in [7, 11) is 5.12. The summed E-state index contributed by atoms with van der Waals surface area (Å²) in [6.07, 6.45) is 1.56. The number of anilines is 3. The van der Waals surface area contributed by atoms with Gasteiger partial charge in [0.2, 0.25) is 5.91 Å². The fourth-order valence-corrected chi connectivity index (χ4v) is 4.75. The average molecular weight is 565 g/mol. The number of likely N-dealkylation sites (N-methyl/N-ethyl adjacent to an activating group) is 1. The molecule has 0 aliphatic carbocycles. The molecule has 0 radical (unpaired) electrons. The van der Waals surface area contributed by atoms with E-state index in [1.165, 1.54) is 11.0 Å². The zero-order valence-corrected chi connectivity index (χ0v) is 23.9. The second-order valence-corrected chi connectivity index (χ2v) is 10.3. The van der Waals surface area contributed by atoms with Gasteiger partial charge in [0.1, 0.15) is 18.2 Å². The van der Waals surface area contributed by atoms with Crippen LogP contribution in [0.15, 0.2) is 53.5 Å². The number of amides is 1. The Balaban J connectivity index is 1.70. The van der Waals surface area contributed by atoms with Gasteiger partial charge in [-0.15, -0.1) is 0 Å². The lowest BCUT2D eigenvalue weighted by molar-refractivity contribution is -0.127. The van der Waals surface area contributed by atoms with Crippen LogP contribution in [0.4, 0.5) is 26.0 Å². The normalized spacial score (nSPS) is 12.3. The number of alkyl halides is 2. The van der Waals surface area contributed by atoms with E-state index in [-0.39, 0.29) is 29.5 Å². The molecule has 4 aromatic rings. The van der Waals surface area contributed by atoms with E-state index in [1.807, 2.05) is 37.1 Å². The summed E-state index contributed by atoms with van der Waals surface area (Å²) in [5.74, 6) is -2.45. The Morgan fingerprint density at radius 3 is 2.51 bits per heavy atom. The van der Waals surface area contributed by atoms with Crippen LogP contribution in [0.5, 0.6) is 0 Å². The van der Waals surface area contributed by atoms with Gasteiger partial charge >= 0.3 is 0 Å². The third-order valence-electron chi connectivity index (χ3n) is 7.16. The van der Waals surface area contributed by atoms with E-state index in [4.69, 9.17) is 0 Å². The van der Waals surface area contributed by atoms with Gasteiger partial charge in [0.15, 0.2) is 0 Å². The first kappa shape index (κ1) is 29.6. The Bertz CT molecular complexity index is 1650. The summed E-state index contributed by atoms with van der Waals surface area (Å²) in [6, 6.07) is 11.6. The lowest BCUT2D eigenvalue weighted by atomic mass is 9.94. The third-order valence-corrected chi connectivity index (χ3v) is 7.16. The number of pyridine rings is 1. The first-order valence-corrected chi connectivity index (χ1v) is 13.1. The number of halogens is 2. The van der Waals surface area contributed by atoms with Crippen LogP contribution >= 0.6 is 0 Å². The molecule has 0 fully saturated rings. The maximum absolute atomic E-state index is 14.3. The highest BCUT2D eigenvalue weighted by Crippen LogP contribution is 2.35.